The zero-order valence-corrected chi connectivity index (χ0v) is 20.7. The Morgan fingerprint density at radius 3 is 1.69 bits per heavy atom. The molecule has 0 aliphatic carbocycles. The number of ether oxygens (including phenoxy) is 4. The quantitative estimate of drug-likeness (QED) is 0.0964. The molecule has 2 aliphatic rings. The molecule has 0 saturated carbocycles. The molecule has 16 atom stereocenters. The van der Waals surface area contributed by atoms with Gasteiger partial charge in [-0.2, -0.15) is 0 Å². The first-order valence-corrected chi connectivity index (χ1v) is 12.0. The number of ketones is 1. The summed E-state index contributed by atoms with van der Waals surface area (Å²) in [4.78, 5) is 11.8. The van der Waals surface area contributed by atoms with Gasteiger partial charge in [-0.1, -0.05) is 0 Å². The van der Waals surface area contributed by atoms with Crippen LogP contribution >= 0.6 is 0 Å². The Kier molecular flexibility index (Phi) is 12.9. The summed E-state index contributed by atoms with van der Waals surface area (Å²) in [6.07, 6.45) is -29.7. The number of carbonyl (C=O) groups is 1. The molecule has 0 aromatic heterocycles. The van der Waals surface area contributed by atoms with Crippen LogP contribution in [-0.4, -0.2) is 190 Å². The molecule has 2 heterocycles. The maximum Gasteiger partial charge on any atom is 0.195 e. The molecule has 13 N–H and O–H groups in total. The van der Waals surface area contributed by atoms with Crippen molar-refractivity contribution in [2.75, 3.05) is 19.8 Å². The van der Waals surface area contributed by atoms with Crippen LogP contribution in [0.4, 0.5) is 0 Å². The number of aliphatic hydroxyl groups is 13. The van der Waals surface area contributed by atoms with E-state index in [1.807, 2.05) is 0 Å². The van der Waals surface area contributed by atoms with Gasteiger partial charge in [0.15, 0.2) is 18.4 Å². The van der Waals surface area contributed by atoms with E-state index in [0.717, 1.165) is 6.92 Å². The molecule has 0 aromatic carbocycles. The Balaban J connectivity index is 1.96. The summed E-state index contributed by atoms with van der Waals surface area (Å²) >= 11 is 0. The average Bonchev–Trinajstić information content (AvgIpc) is 2.92. The van der Waals surface area contributed by atoms with Crippen LogP contribution in [0.3, 0.4) is 0 Å². The fraction of sp³-hybridized carbons (Fsp3) is 0.952. The van der Waals surface area contributed by atoms with Gasteiger partial charge in [0.2, 0.25) is 0 Å². The molecule has 230 valence electrons. The number of aliphatic hydroxyl groups excluding tert-OH is 13. The monoisotopic (exact) mass is 578 g/mol. The minimum Gasteiger partial charge on any atom is -0.394 e. The molecule has 0 bridgehead atoms. The molecule has 2 saturated heterocycles. The van der Waals surface area contributed by atoms with Crippen LogP contribution in [-0.2, 0) is 23.7 Å². The molecule has 2 rings (SSSR count). The summed E-state index contributed by atoms with van der Waals surface area (Å²) in [7, 11) is 0. The van der Waals surface area contributed by atoms with Gasteiger partial charge in [-0.15, -0.1) is 0 Å². The number of Topliss-reactive ketones (excluding diaryl/α,β-unsaturated/α-hetero) is 1. The SMILES string of the molecule is CC(O)C(O)C(=O)[C@H](O)[C@@H](O)[C@H](O)[C@H](O)CO[C@H]1O[C@H](CO[C@H]2O[C@H](CO)[C@@H](O)[C@H](O)[C@H]2O)[C@@H](O)[C@H](O)[C@H]1O. The van der Waals surface area contributed by atoms with E-state index in [9.17, 15) is 71.2 Å². The Labute approximate surface area is 221 Å². The number of hydrogen-bond acceptors (Lipinski definition) is 18. The van der Waals surface area contributed by atoms with Gasteiger partial charge < -0.3 is 85.3 Å². The smallest absolute Gasteiger partial charge is 0.195 e. The third-order valence-corrected chi connectivity index (χ3v) is 6.48. The van der Waals surface area contributed by atoms with Crippen LogP contribution in [0.25, 0.3) is 0 Å². The van der Waals surface area contributed by atoms with Gasteiger partial charge in [-0.3, -0.25) is 4.79 Å². The maximum atomic E-state index is 11.8. The second-order valence-corrected chi connectivity index (χ2v) is 9.46. The van der Waals surface area contributed by atoms with E-state index in [1.54, 1.807) is 0 Å². The van der Waals surface area contributed by atoms with Crippen LogP contribution < -0.4 is 0 Å². The van der Waals surface area contributed by atoms with E-state index in [0.29, 0.717) is 0 Å². The van der Waals surface area contributed by atoms with Gasteiger partial charge in [0.05, 0.1) is 25.9 Å². The molecule has 0 radical (unpaired) electrons. The lowest BCUT2D eigenvalue weighted by Crippen LogP contribution is -2.62. The van der Waals surface area contributed by atoms with E-state index < -0.39 is 124 Å². The Morgan fingerprint density at radius 1 is 0.692 bits per heavy atom. The maximum absolute atomic E-state index is 11.8. The fourth-order valence-corrected chi connectivity index (χ4v) is 3.87. The lowest BCUT2D eigenvalue weighted by Gasteiger charge is -2.42. The first-order chi connectivity index (χ1) is 18.1. The van der Waals surface area contributed by atoms with E-state index in [-0.39, 0.29) is 0 Å². The van der Waals surface area contributed by atoms with Crippen molar-refractivity contribution in [2.24, 2.45) is 0 Å². The highest BCUT2D eigenvalue weighted by Crippen LogP contribution is 2.26. The van der Waals surface area contributed by atoms with Gasteiger partial charge in [-0.05, 0) is 6.92 Å². The number of carbonyl (C=O) groups excluding carboxylic acids is 1. The number of hydrogen-bond donors (Lipinski definition) is 13. The van der Waals surface area contributed by atoms with Gasteiger partial charge in [0.25, 0.3) is 0 Å². The van der Waals surface area contributed by atoms with Gasteiger partial charge in [-0.25, -0.2) is 0 Å². The highest BCUT2D eigenvalue weighted by atomic mass is 16.7. The zero-order valence-electron chi connectivity index (χ0n) is 20.7. The molecule has 0 aromatic rings. The highest BCUT2D eigenvalue weighted by Gasteiger charge is 2.48. The van der Waals surface area contributed by atoms with E-state index in [2.05, 4.69) is 0 Å². The van der Waals surface area contributed by atoms with Crippen LogP contribution in [0.1, 0.15) is 6.92 Å². The van der Waals surface area contributed by atoms with E-state index >= 15 is 0 Å². The van der Waals surface area contributed by atoms with E-state index in [4.69, 9.17) is 18.9 Å². The summed E-state index contributed by atoms with van der Waals surface area (Å²) in [5, 5.41) is 128. The summed E-state index contributed by atoms with van der Waals surface area (Å²) in [6.45, 7) is -1.28. The lowest BCUT2D eigenvalue weighted by atomic mass is 9.96. The molecule has 0 spiro atoms. The Hall–Kier alpha value is -1.01. The van der Waals surface area contributed by atoms with Crippen LogP contribution in [0.15, 0.2) is 0 Å². The average molecular weight is 579 g/mol. The molecule has 2 unspecified atom stereocenters. The summed E-state index contributed by atoms with van der Waals surface area (Å²) in [5.74, 6) is -1.44. The standard InChI is InChI=1S/C21H38O18/c1-5(23)9(25)13(29)17(33)14(30)10(26)6(24)3-36-20-19(35)16(32)12(28)8(39-20)4-37-21-18(34)15(31)11(27)7(2-22)38-21/h5-12,14-28,30-35H,2-4H2,1H3/t5?,6-,7-,8-,9?,10-,11-,12-,14+,15+,16+,17+,18-,19-,20+,21+/m1/s1. The molecule has 2 fully saturated rings. The largest absolute Gasteiger partial charge is 0.394 e. The van der Waals surface area contributed by atoms with Crippen molar-refractivity contribution in [3.8, 4) is 0 Å². The molecule has 18 heteroatoms. The van der Waals surface area contributed by atoms with Crippen molar-refractivity contribution in [1.82, 2.24) is 0 Å². The summed E-state index contributed by atoms with van der Waals surface area (Å²) in [6, 6.07) is 0. The van der Waals surface area contributed by atoms with Gasteiger partial charge in [0, 0.05) is 0 Å². The third-order valence-electron chi connectivity index (χ3n) is 6.48. The van der Waals surface area contributed by atoms with Crippen molar-refractivity contribution in [3.63, 3.8) is 0 Å². The molecular formula is C21H38O18. The number of rotatable bonds is 13. The topological polar surface area (TPSA) is 317 Å². The normalized spacial score (nSPS) is 40.4. The van der Waals surface area contributed by atoms with Crippen LogP contribution in [0, 0.1) is 0 Å². The first-order valence-electron chi connectivity index (χ1n) is 12.0. The fourth-order valence-electron chi connectivity index (χ4n) is 3.87. The Bertz CT molecular complexity index is 754. The lowest BCUT2D eigenvalue weighted by molar-refractivity contribution is -0.333. The van der Waals surface area contributed by atoms with Gasteiger partial charge in [0.1, 0.15) is 79.4 Å². The predicted molar refractivity (Wildman–Crippen MR) is 119 cm³/mol. The second kappa shape index (κ2) is 14.8. The van der Waals surface area contributed by atoms with Gasteiger partial charge >= 0.3 is 0 Å². The third kappa shape index (κ3) is 8.05. The molecular weight excluding hydrogens is 540 g/mol. The summed E-state index contributed by atoms with van der Waals surface area (Å²) < 4.78 is 20.8. The van der Waals surface area contributed by atoms with Crippen LogP contribution in [0.5, 0.6) is 0 Å². The molecule has 18 nitrogen and oxygen atoms in total. The van der Waals surface area contributed by atoms with Crippen molar-refractivity contribution < 1.29 is 90.1 Å². The Morgan fingerprint density at radius 2 is 1.18 bits per heavy atom. The van der Waals surface area contributed by atoms with Crippen molar-refractivity contribution >= 4 is 5.78 Å². The highest BCUT2D eigenvalue weighted by molar-refractivity contribution is 5.88. The predicted octanol–water partition coefficient (Wildman–Crippen LogP) is -8.62. The first kappa shape index (κ1) is 34.2. The van der Waals surface area contributed by atoms with Crippen molar-refractivity contribution in [2.45, 2.75) is 105 Å². The summed E-state index contributed by atoms with van der Waals surface area (Å²) in [5.41, 5.74) is 0. The van der Waals surface area contributed by atoms with Crippen LogP contribution in [0.2, 0.25) is 0 Å². The van der Waals surface area contributed by atoms with E-state index in [1.165, 1.54) is 0 Å². The second-order valence-electron chi connectivity index (χ2n) is 9.46. The minimum atomic E-state index is -2.41. The molecule has 0 amide bonds. The van der Waals surface area contributed by atoms with Crippen molar-refractivity contribution in [3.05, 3.63) is 0 Å². The molecule has 2 aliphatic heterocycles. The molecule has 39 heavy (non-hydrogen) atoms. The van der Waals surface area contributed by atoms with Crippen molar-refractivity contribution in [1.29, 1.82) is 0 Å². The minimum absolute atomic E-state index is 0.655. The zero-order chi connectivity index (χ0) is 29.8.